The highest BCUT2D eigenvalue weighted by Crippen LogP contribution is 2.17. The normalized spacial score (nSPS) is 9.93. The van der Waals surface area contributed by atoms with Crippen LogP contribution >= 0.6 is 0 Å². The van der Waals surface area contributed by atoms with Gasteiger partial charge in [0.2, 0.25) is 0 Å². The minimum absolute atomic E-state index is 0.00992. The molecule has 0 saturated carbocycles. The van der Waals surface area contributed by atoms with Gasteiger partial charge in [0.1, 0.15) is 0 Å². The van der Waals surface area contributed by atoms with Gasteiger partial charge < -0.3 is 19.5 Å². The Balaban J connectivity index is 2.09. The summed E-state index contributed by atoms with van der Waals surface area (Å²) in [6, 6.07) is 8.59. The van der Waals surface area contributed by atoms with Crippen LogP contribution in [0.25, 0.3) is 0 Å². The van der Waals surface area contributed by atoms with Crippen molar-refractivity contribution < 1.29 is 38.3 Å². The first-order valence-corrected chi connectivity index (χ1v) is 8.28. The third-order valence-corrected chi connectivity index (χ3v) is 3.69. The fourth-order valence-electron chi connectivity index (χ4n) is 2.33. The highest BCUT2D eigenvalue weighted by Gasteiger charge is 2.17. The van der Waals surface area contributed by atoms with Crippen molar-refractivity contribution in [3.63, 3.8) is 0 Å². The number of anilines is 1. The zero-order chi connectivity index (χ0) is 22.3. The minimum atomic E-state index is -0.938. The second kappa shape index (κ2) is 9.78. The number of non-ortho nitro benzene ring substituents is 1. The molecule has 0 saturated heterocycles. The molecule has 0 radical (unpaired) electrons. The molecule has 0 atom stereocenters. The van der Waals surface area contributed by atoms with Crippen molar-refractivity contribution in [2.45, 2.75) is 0 Å². The van der Waals surface area contributed by atoms with Crippen LogP contribution in [-0.4, -0.2) is 49.6 Å². The summed E-state index contributed by atoms with van der Waals surface area (Å²) in [4.78, 5) is 57.7. The van der Waals surface area contributed by atoms with Crippen LogP contribution in [0.5, 0.6) is 0 Å². The fraction of sp³-hybridized carbons (Fsp3) is 0.158. The maximum absolute atomic E-state index is 12.1. The molecule has 0 bridgehead atoms. The molecule has 156 valence electrons. The monoisotopic (exact) mass is 416 g/mol. The molecule has 2 aromatic carbocycles. The van der Waals surface area contributed by atoms with Gasteiger partial charge in [0, 0.05) is 17.8 Å². The van der Waals surface area contributed by atoms with Crippen LogP contribution in [-0.2, 0) is 19.0 Å². The minimum Gasteiger partial charge on any atom is -0.465 e. The van der Waals surface area contributed by atoms with Crippen LogP contribution in [0, 0.1) is 10.1 Å². The zero-order valence-electron chi connectivity index (χ0n) is 15.9. The first kappa shape index (κ1) is 22.0. The average molecular weight is 416 g/mol. The number of nitro groups is 1. The second-order valence-corrected chi connectivity index (χ2v) is 5.71. The first-order valence-electron chi connectivity index (χ1n) is 8.28. The van der Waals surface area contributed by atoms with E-state index in [4.69, 9.17) is 4.74 Å². The summed E-state index contributed by atoms with van der Waals surface area (Å²) in [5.41, 5.74) is -0.357. The fourth-order valence-corrected chi connectivity index (χ4v) is 2.33. The van der Waals surface area contributed by atoms with Gasteiger partial charge in [0.25, 0.3) is 11.6 Å². The topological polar surface area (TPSA) is 151 Å². The number of nitrogens with zero attached hydrogens (tertiary/aromatic N) is 1. The summed E-state index contributed by atoms with van der Waals surface area (Å²) in [5, 5.41) is 13.1. The first-order chi connectivity index (χ1) is 14.2. The number of hydrogen-bond donors (Lipinski definition) is 1. The van der Waals surface area contributed by atoms with E-state index in [1.165, 1.54) is 36.4 Å². The van der Waals surface area contributed by atoms with Gasteiger partial charge >= 0.3 is 17.9 Å². The summed E-state index contributed by atoms with van der Waals surface area (Å²) < 4.78 is 14.0. The van der Waals surface area contributed by atoms with Crippen molar-refractivity contribution in [1.29, 1.82) is 0 Å². The maximum Gasteiger partial charge on any atom is 0.338 e. The number of rotatable bonds is 7. The van der Waals surface area contributed by atoms with E-state index >= 15 is 0 Å². The molecule has 30 heavy (non-hydrogen) atoms. The van der Waals surface area contributed by atoms with Gasteiger partial charge in [0.15, 0.2) is 6.61 Å². The summed E-state index contributed by atoms with van der Waals surface area (Å²) in [5.74, 6) is -3.19. The van der Waals surface area contributed by atoms with Gasteiger partial charge in [-0.1, -0.05) is 6.07 Å². The van der Waals surface area contributed by atoms with Crippen molar-refractivity contribution in [1.82, 2.24) is 0 Å². The van der Waals surface area contributed by atoms with E-state index in [0.29, 0.717) is 0 Å². The standard InChI is InChI=1S/C19H16N2O9/c1-28-17(23)12-6-13(18(24)29-2)8-14(7-12)20-16(22)10-30-19(25)11-4-3-5-15(9-11)21(26)27/h3-9H,10H2,1-2H3,(H,20,22). The molecule has 0 fully saturated rings. The molecule has 11 heteroatoms. The van der Waals surface area contributed by atoms with Crippen LogP contribution < -0.4 is 5.32 Å². The Hall–Kier alpha value is -4.28. The summed E-state index contributed by atoms with van der Waals surface area (Å²) in [7, 11) is 2.30. The summed E-state index contributed by atoms with van der Waals surface area (Å²) in [6.07, 6.45) is 0. The number of amides is 1. The van der Waals surface area contributed by atoms with E-state index in [1.807, 2.05) is 0 Å². The number of nitrogens with one attached hydrogen (secondary N) is 1. The molecule has 0 aromatic heterocycles. The SMILES string of the molecule is COC(=O)c1cc(NC(=O)COC(=O)c2cccc([N+](=O)[O-])c2)cc(C(=O)OC)c1. The Morgan fingerprint density at radius 2 is 1.50 bits per heavy atom. The molecule has 1 N–H and O–H groups in total. The molecule has 0 aliphatic heterocycles. The van der Waals surface area contributed by atoms with Crippen molar-refractivity contribution in [3.05, 3.63) is 69.3 Å². The van der Waals surface area contributed by atoms with Crippen molar-refractivity contribution in [2.75, 3.05) is 26.1 Å². The maximum atomic E-state index is 12.1. The van der Waals surface area contributed by atoms with Crippen LogP contribution in [0.4, 0.5) is 11.4 Å². The number of carbonyl (C=O) groups excluding carboxylic acids is 4. The molecule has 2 aromatic rings. The van der Waals surface area contributed by atoms with E-state index in [-0.39, 0.29) is 28.1 Å². The zero-order valence-corrected chi connectivity index (χ0v) is 15.9. The number of methoxy groups -OCH3 is 2. The highest BCUT2D eigenvalue weighted by molar-refractivity contribution is 6.00. The van der Waals surface area contributed by atoms with Gasteiger partial charge in [-0.2, -0.15) is 0 Å². The molecule has 0 aliphatic rings. The number of ether oxygens (including phenoxy) is 3. The van der Waals surface area contributed by atoms with E-state index in [1.54, 1.807) is 0 Å². The van der Waals surface area contributed by atoms with E-state index < -0.39 is 35.3 Å². The van der Waals surface area contributed by atoms with Gasteiger partial charge in [-0.15, -0.1) is 0 Å². The molecule has 0 heterocycles. The van der Waals surface area contributed by atoms with Crippen molar-refractivity contribution >= 4 is 35.2 Å². The number of hydrogen-bond acceptors (Lipinski definition) is 9. The Morgan fingerprint density at radius 1 is 0.900 bits per heavy atom. The van der Waals surface area contributed by atoms with E-state index in [9.17, 15) is 29.3 Å². The van der Waals surface area contributed by atoms with Crippen LogP contribution in [0.15, 0.2) is 42.5 Å². The quantitative estimate of drug-likeness (QED) is 0.309. The second-order valence-electron chi connectivity index (χ2n) is 5.71. The van der Waals surface area contributed by atoms with Crippen LogP contribution in [0.3, 0.4) is 0 Å². The van der Waals surface area contributed by atoms with Gasteiger partial charge in [-0.25, -0.2) is 14.4 Å². The Kier molecular flexibility index (Phi) is 7.17. The average Bonchev–Trinajstić information content (AvgIpc) is 2.75. The lowest BCUT2D eigenvalue weighted by atomic mass is 10.1. The lowest BCUT2D eigenvalue weighted by molar-refractivity contribution is -0.384. The van der Waals surface area contributed by atoms with Crippen LogP contribution in [0.1, 0.15) is 31.1 Å². The molecule has 11 nitrogen and oxygen atoms in total. The number of benzene rings is 2. The highest BCUT2D eigenvalue weighted by atomic mass is 16.6. The van der Waals surface area contributed by atoms with E-state index in [0.717, 1.165) is 20.3 Å². The number of nitro benzene ring substituents is 1. The van der Waals surface area contributed by atoms with Gasteiger partial charge in [0.05, 0.1) is 35.8 Å². The summed E-state index contributed by atoms with van der Waals surface area (Å²) in [6.45, 7) is -0.711. The molecule has 0 aliphatic carbocycles. The van der Waals surface area contributed by atoms with Gasteiger partial charge in [-0.05, 0) is 24.3 Å². The van der Waals surface area contributed by atoms with Crippen molar-refractivity contribution in [3.8, 4) is 0 Å². The molecule has 0 spiro atoms. The third-order valence-electron chi connectivity index (χ3n) is 3.69. The summed E-state index contributed by atoms with van der Waals surface area (Å²) >= 11 is 0. The number of esters is 3. The van der Waals surface area contributed by atoms with Crippen molar-refractivity contribution in [2.24, 2.45) is 0 Å². The Bertz CT molecular complexity index is 983. The van der Waals surface area contributed by atoms with E-state index in [2.05, 4.69) is 14.8 Å². The predicted octanol–water partition coefficient (Wildman–Crippen LogP) is 1.96. The molecular weight excluding hydrogens is 400 g/mol. The lowest BCUT2D eigenvalue weighted by Crippen LogP contribution is -2.21. The smallest absolute Gasteiger partial charge is 0.338 e. The van der Waals surface area contributed by atoms with Gasteiger partial charge in [-0.3, -0.25) is 14.9 Å². The molecule has 0 unspecified atom stereocenters. The molecule has 2 rings (SSSR count). The largest absolute Gasteiger partial charge is 0.465 e. The Morgan fingerprint density at radius 3 is 2.03 bits per heavy atom. The predicted molar refractivity (Wildman–Crippen MR) is 101 cm³/mol. The lowest BCUT2D eigenvalue weighted by Gasteiger charge is -2.10. The third kappa shape index (κ3) is 5.61. The number of carbonyl (C=O) groups is 4. The molecular formula is C19H16N2O9. The Labute approximate surface area is 169 Å². The van der Waals surface area contributed by atoms with Crippen LogP contribution in [0.2, 0.25) is 0 Å². The molecule has 1 amide bonds.